The van der Waals surface area contributed by atoms with Gasteiger partial charge in [0, 0.05) is 19.3 Å². The monoisotopic (exact) mass is 270 g/mol. The molecule has 0 saturated carbocycles. The van der Waals surface area contributed by atoms with Gasteiger partial charge in [-0.05, 0) is 31.0 Å². The molecule has 0 radical (unpaired) electrons. The number of aromatic nitrogens is 1. The number of hydrogen-bond donors (Lipinski definition) is 1. The first-order valence-electron chi connectivity index (χ1n) is 6.59. The fourth-order valence-corrected chi connectivity index (χ4v) is 2.05. The van der Waals surface area contributed by atoms with E-state index < -0.39 is 0 Å². The lowest BCUT2D eigenvalue weighted by Gasteiger charge is -2.22. The smallest absolute Gasteiger partial charge is 0.255 e. The van der Waals surface area contributed by atoms with Gasteiger partial charge >= 0.3 is 0 Å². The summed E-state index contributed by atoms with van der Waals surface area (Å²) in [7, 11) is 0. The van der Waals surface area contributed by atoms with Crippen molar-refractivity contribution in [2.24, 2.45) is 0 Å². The van der Waals surface area contributed by atoms with E-state index in [9.17, 15) is 9.90 Å². The maximum atomic E-state index is 12.4. The minimum Gasteiger partial charge on any atom is -0.506 e. The Morgan fingerprint density at radius 1 is 1.30 bits per heavy atom. The summed E-state index contributed by atoms with van der Waals surface area (Å²) in [4.78, 5) is 18.0. The summed E-state index contributed by atoms with van der Waals surface area (Å²) in [6.07, 6.45) is 2.79. The quantitative estimate of drug-likeness (QED) is 0.929. The lowest BCUT2D eigenvalue weighted by atomic mass is 10.1. The predicted molar refractivity (Wildman–Crippen MR) is 77.5 cm³/mol. The second-order valence-electron chi connectivity index (χ2n) is 4.68. The molecule has 2 rings (SSSR count). The van der Waals surface area contributed by atoms with Crippen molar-refractivity contribution in [1.29, 1.82) is 0 Å². The molecule has 0 fully saturated rings. The molecule has 104 valence electrons. The van der Waals surface area contributed by atoms with Crippen molar-refractivity contribution in [2.75, 3.05) is 6.54 Å². The Kier molecular flexibility index (Phi) is 4.35. The first-order chi connectivity index (χ1) is 9.61. The zero-order valence-corrected chi connectivity index (χ0v) is 11.7. The molecule has 1 N–H and O–H groups in total. The largest absolute Gasteiger partial charge is 0.506 e. The summed E-state index contributed by atoms with van der Waals surface area (Å²) < 4.78 is 0. The molecule has 4 nitrogen and oxygen atoms in total. The molecular weight excluding hydrogens is 252 g/mol. The minimum absolute atomic E-state index is 0.00259. The van der Waals surface area contributed by atoms with Gasteiger partial charge in [0.25, 0.3) is 5.91 Å². The number of nitrogens with zero attached hydrogens (tertiary/aromatic N) is 2. The second kappa shape index (κ2) is 6.19. The van der Waals surface area contributed by atoms with Gasteiger partial charge in [-0.15, -0.1) is 0 Å². The molecule has 1 aromatic heterocycles. The van der Waals surface area contributed by atoms with Gasteiger partial charge in [-0.1, -0.05) is 24.3 Å². The fourth-order valence-electron chi connectivity index (χ4n) is 2.05. The Morgan fingerprint density at radius 3 is 2.70 bits per heavy atom. The van der Waals surface area contributed by atoms with Crippen LogP contribution in [0.25, 0.3) is 0 Å². The van der Waals surface area contributed by atoms with Gasteiger partial charge in [0.05, 0.1) is 11.8 Å². The Balaban J connectivity index is 2.20. The molecule has 0 bridgehead atoms. The molecule has 1 amide bonds. The highest BCUT2D eigenvalue weighted by atomic mass is 16.3. The highest BCUT2D eigenvalue weighted by molar-refractivity contribution is 5.94. The highest BCUT2D eigenvalue weighted by Crippen LogP contribution is 2.15. The van der Waals surface area contributed by atoms with Crippen LogP contribution in [-0.2, 0) is 6.54 Å². The summed E-state index contributed by atoms with van der Waals surface area (Å²) >= 11 is 0. The predicted octanol–water partition coefficient (Wildman–Crippen LogP) is 2.76. The van der Waals surface area contributed by atoms with Crippen molar-refractivity contribution in [1.82, 2.24) is 9.88 Å². The fraction of sp³-hybridized carbons (Fsp3) is 0.250. The summed E-state index contributed by atoms with van der Waals surface area (Å²) in [6, 6.07) is 9.44. The molecular formula is C16H18N2O2. The Bertz CT molecular complexity index is 611. The topological polar surface area (TPSA) is 53.4 Å². The van der Waals surface area contributed by atoms with Crippen LogP contribution in [0.3, 0.4) is 0 Å². The number of aryl methyl sites for hydroxylation is 1. The van der Waals surface area contributed by atoms with Crippen LogP contribution in [-0.4, -0.2) is 27.4 Å². The van der Waals surface area contributed by atoms with Crippen molar-refractivity contribution in [3.8, 4) is 5.75 Å². The summed E-state index contributed by atoms with van der Waals surface area (Å²) in [5.41, 5.74) is 2.68. The van der Waals surface area contributed by atoms with E-state index in [2.05, 4.69) is 4.98 Å². The maximum Gasteiger partial charge on any atom is 0.255 e. The van der Waals surface area contributed by atoms with Gasteiger partial charge in [-0.25, -0.2) is 0 Å². The van der Waals surface area contributed by atoms with Crippen LogP contribution in [0.2, 0.25) is 0 Å². The highest BCUT2D eigenvalue weighted by Gasteiger charge is 2.16. The van der Waals surface area contributed by atoms with Crippen molar-refractivity contribution in [2.45, 2.75) is 20.4 Å². The van der Waals surface area contributed by atoms with Gasteiger partial charge in [0.1, 0.15) is 5.75 Å². The van der Waals surface area contributed by atoms with Crippen LogP contribution in [0, 0.1) is 6.92 Å². The molecule has 2 aromatic rings. The lowest BCUT2D eigenvalue weighted by Crippen LogP contribution is -2.30. The van der Waals surface area contributed by atoms with Crippen molar-refractivity contribution in [3.63, 3.8) is 0 Å². The molecule has 1 aromatic carbocycles. The van der Waals surface area contributed by atoms with Crippen molar-refractivity contribution < 1.29 is 9.90 Å². The van der Waals surface area contributed by atoms with E-state index in [1.807, 2.05) is 38.1 Å². The number of aromatic hydroxyl groups is 1. The number of amides is 1. The first-order valence-corrected chi connectivity index (χ1v) is 6.59. The van der Waals surface area contributed by atoms with Crippen LogP contribution in [0.5, 0.6) is 5.75 Å². The van der Waals surface area contributed by atoms with Crippen LogP contribution in [0.1, 0.15) is 28.4 Å². The van der Waals surface area contributed by atoms with Gasteiger partial charge in [-0.3, -0.25) is 9.78 Å². The Labute approximate surface area is 118 Å². The number of carbonyl (C=O) groups excluding carboxylic acids is 1. The average Bonchev–Trinajstić information content (AvgIpc) is 2.46. The number of hydrogen-bond acceptors (Lipinski definition) is 3. The van der Waals surface area contributed by atoms with Crippen molar-refractivity contribution >= 4 is 5.91 Å². The molecule has 20 heavy (non-hydrogen) atoms. The first kappa shape index (κ1) is 14.1. The maximum absolute atomic E-state index is 12.4. The van der Waals surface area contributed by atoms with Crippen LogP contribution in [0.4, 0.5) is 0 Å². The van der Waals surface area contributed by atoms with E-state index in [1.54, 1.807) is 4.90 Å². The van der Waals surface area contributed by atoms with Crippen LogP contribution < -0.4 is 0 Å². The lowest BCUT2D eigenvalue weighted by molar-refractivity contribution is 0.0751. The van der Waals surface area contributed by atoms with E-state index >= 15 is 0 Å². The Morgan fingerprint density at radius 2 is 2.05 bits per heavy atom. The van der Waals surface area contributed by atoms with E-state index in [-0.39, 0.29) is 11.7 Å². The van der Waals surface area contributed by atoms with E-state index in [4.69, 9.17) is 0 Å². The van der Waals surface area contributed by atoms with Gasteiger partial charge < -0.3 is 10.0 Å². The Hall–Kier alpha value is -2.36. The normalized spacial score (nSPS) is 10.3. The number of rotatable bonds is 4. The molecule has 0 saturated heterocycles. The molecule has 0 aliphatic heterocycles. The summed E-state index contributed by atoms with van der Waals surface area (Å²) in [5.74, 6) is -0.123. The standard InChI is InChI=1S/C16H18N2O2/c1-3-18(11-13-7-5-4-6-12(13)2)16(20)14-8-15(19)10-17-9-14/h4-10,19H,3,11H2,1-2H3. The molecule has 0 aliphatic carbocycles. The molecule has 0 atom stereocenters. The average molecular weight is 270 g/mol. The van der Waals surface area contributed by atoms with Crippen LogP contribution >= 0.6 is 0 Å². The number of benzene rings is 1. The van der Waals surface area contributed by atoms with Gasteiger partial charge in [0.15, 0.2) is 0 Å². The molecule has 1 heterocycles. The summed E-state index contributed by atoms with van der Waals surface area (Å²) in [5, 5.41) is 9.42. The third kappa shape index (κ3) is 3.15. The summed E-state index contributed by atoms with van der Waals surface area (Å²) in [6.45, 7) is 5.12. The molecule has 4 heteroatoms. The zero-order valence-electron chi connectivity index (χ0n) is 11.7. The zero-order chi connectivity index (χ0) is 14.5. The van der Waals surface area contributed by atoms with E-state index in [0.29, 0.717) is 18.7 Å². The van der Waals surface area contributed by atoms with Crippen molar-refractivity contribution in [3.05, 3.63) is 59.4 Å². The third-order valence-corrected chi connectivity index (χ3v) is 3.26. The minimum atomic E-state index is -0.126. The number of carbonyl (C=O) groups is 1. The molecule has 0 unspecified atom stereocenters. The third-order valence-electron chi connectivity index (χ3n) is 3.26. The van der Waals surface area contributed by atoms with Gasteiger partial charge in [0.2, 0.25) is 0 Å². The molecule has 0 aliphatic rings. The van der Waals surface area contributed by atoms with Gasteiger partial charge in [-0.2, -0.15) is 0 Å². The van der Waals surface area contributed by atoms with E-state index in [1.165, 1.54) is 18.5 Å². The van der Waals surface area contributed by atoms with E-state index in [0.717, 1.165) is 11.1 Å². The second-order valence-corrected chi connectivity index (χ2v) is 4.68. The SMILES string of the molecule is CCN(Cc1ccccc1C)C(=O)c1cncc(O)c1. The molecule has 0 spiro atoms. The van der Waals surface area contributed by atoms with Crippen LogP contribution in [0.15, 0.2) is 42.7 Å². The number of pyridine rings is 1.